The average Bonchev–Trinajstić information content (AvgIpc) is 2.52. The van der Waals surface area contributed by atoms with Gasteiger partial charge in [-0.25, -0.2) is 0 Å². The molecule has 0 radical (unpaired) electrons. The molecule has 7 heteroatoms. The number of unbranched alkanes of at least 4 members (excludes halogenated alkanes) is 1. The summed E-state index contributed by atoms with van der Waals surface area (Å²) < 4.78 is 35.5. The number of thiol groups is 1. The Balaban J connectivity index is 2.23. The Morgan fingerprint density at radius 2 is 1.61 bits per heavy atom. The van der Waals surface area contributed by atoms with Crippen LogP contribution >= 0.6 is 12.6 Å². The number of fused-ring (bicyclic) bond motifs is 1. The summed E-state index contributed by atoms with van der Waals surface area (Å²) in [5.74, 6) is -2.10. The highest BCUT2D eigenvalue weighted by Crippen LogP contribution is 2.44. The zero-order valence-electron chi connectivity index (χ0n) is 14.9. The molecule has 0 aromatic rings. The summed E-state index contributed by atoms with van der Waals surface area (Å²) in [4.78, 5) is 0. The van der Waals surface area contributed by atoms with Gasteiger partial charge in [-0.3, -0.25) is 0 Å². The van der Waals surface area contributed by atoms with E-state index in [2.05, 4.69) is 19.6 Å². The number of ether oxygens (including phenoxy) is 6. The second-order valence-electron chi connectivity index (χ2n) is 6.39. The molecule has 2 fully saturated rings. The van der Waals surface area contributed by atoms with E-state index in [1.54, 1.807) is 21.1 Å². The molecule has 0 spiro atoms. The van der Waals surface area contributed by atoms with E-state index in [0.717, 1.165) is 12.8 Å². The maximum absolute atomic E-state index is 6.29. The molecule has 0 saturated carbocycles. The van der Waals surface area contributed by atoms with Gasteiger partial charge in [0.2, 0.25) is 11.6 Å². The van der Waals surface area contributed by atoms with Gasteiger partial charge in [-0.1, -0.05) is 13.3 Å². The van der Waals surface area contributed by atoms with E-state index in [-0.39, 0.29) is 29.9 Å². The fourth-order valence-electron chi connectivity index (χ4n) is 3.03. The SMILES string of the molecule is CCCCO[C@@H]1[C@@H]2O[C@@](C)(OC)[C@](C)(OC)O[C@H]2[C@H](C)O[C@H]1S. The van der Waals surface area contributed by atoms with Gasteiger partial charge < -0.3 is 28.4 Å². The molecule has 7 atom stereocenters. The molecular formula is C16H30O6S. The maximum Gasteiger partial charge on any atom is 0.220 e. The van der Waals surface area contributed by atoms with Gasteiger partial charge in [-0.15, -0.1) is 12.6 Å². The molecule has 0 bridgehead atoms. The van der Waals surface area contributed by atoms with Crippen molar-refractivity contribution in [3.8, 4) is 0 Å². The number of rotatable bonds is 6. The van der Waals surface area contributed by atoms with Gasteiger partial charge >= 0.3 is 0 Å². The molecule has 2 heterocycles. The molecule has 2 aliphatic rings. The maximum atomic E-state index is 6.29. The van der Waals surface area contributed by atoms with Crippen molar-refractivity contribution in [1.82, 2.24) is 0 Å². The molecule has 23 heavy (non-hydrogen) atoms. The van der Waals surface area contributed by atoms with Crippen molar-refractivity contribution in [1.29, 1.82) is 0 Å². The van der Waals surface area contributed by atoms with Crippen LogP contribution in [0, 0.1) is 0 Å². The minimum atomic E-state index is -1.06. The first-order valence-corrected chi connectivity index (χ1v) is 8.74. The fraction of sp³-hybridized carbons (Fsp3) is 1.00. The van der Waals surface area contributed by atoms with Crippen molar-refractivity contribution in [2.75, 3.05) is 20.8 Å². The molecule has 2 rings (SSSR count). The number of hydrogen-bond acceptors (Lipinski definition) is 7. The van der Waals surface area contributed by atoms with Crippen molar-refractivity contribution in [2.24, 2.45) is 0 Å². The summed E-state index contributed by atoms with van der Waals surface area (Å²) in [6.45, 7) is 8.31. The normalized spacial score (nSPS) is 47.3. The highest BCUT2D eigenvalue weighted by molar-refractivity contribution is 7.80. The Labute approximate surface area is 144 Å². The van der Waals surface area contributed by atoms with E-state index in [4.69, 9.17) is 28.4 Å². The summed E-state index contributed by atoms with van der Waals surface area (Å²) in [5.41, 5.74) is -0.375. The lowest BCUT2D eigenvalue weighted by molar-refractivity contribution is -0.469. The topological polar surface area (TPSA) is 55.4 Å². The van der Waals surface area contributed by atoms with Gasteiger partial charge in [0.15, 0.2) is 0 Å². The molecule has 0 unspecified atom stereocenters. The Morgan fingerprint density at radius 1 is 1.04 bits per heavy atom. The van der Waals surface area contributed by atoms with Crippen molar-refractivity contribution in [3.05, 3.63) is 0 Å². The molecule has 0 N–H and O–H groups in total. The highest BCUT2D eigenvalue weighted by atomic mass is 32.1. The van der Waals surface area contributed by atoms with Gasteiger partial charge in [0.1, 0.15) is 23.7 Å². The van der Waals surface area contributed by atoms with Crippen LogP contribution in [0.4, 0.5) is 0 Å². The summed E-state index contributed by atoms with van der Waals surface area (Å²) in [5, 5.41) is 0. The molecule has 136 valence electrons. The lowest BCUT2D eigenvalue weighted by atomic mass is 9.95. The lowest BCUT2D eigenvalue weighted by Gasteiger charge is -2.56. The number of methoxy groups -OCH3 is 2. The van der Waals surface area contributed by atoms with Crippen LogP contribution in [0.2, 0.25) is 0 Å². The molecule has 0 amide bonds. The van der Waals surface area contributed by atoms with E-state index < -0.39 is 11.6 Å². The van der Waals surface area contributed by atoms with Crippen molar-refractivity contribution in [3.63, 3.8) is 0 Å². The predicted molar refractivity (Wildman–Crippen MR) is 88.5 cm³/mol. The highest BCUT2D eigenvalue weighted by Gasteiger charge is 2.61. The van der Waals surface area contributed by atoms with E-state index >= 15 is 0 Å². The van der Waals surface area contributed by atoms with Crippen LogP contribution < -0.4 is 0 Å². The van der Waals surface area contributed by atoms with Crippen LogP contribution in [0.3, 0.4) is 0 Å². The molecule has 0 aromatic carbocycles. The number of hydrogen-bond donors (Lipinski definition) is 1. The van der Waals surface area contributed by atoms with Gasteiger partial charge in [-0.2, -0.15) is 0 Å². The van der Waals surface area contributed by atoms with Gasteiger partial charge in [-0.05, 0) is 27.2 Å². The van der Waals surface area contributed by atoms with Crippen molar-refractivity contribution >= 4 is 12.6 Å². The third-order valence-corrected chi connectivity index (χ3v) is 5.30. The van der Waals surface area contributed by atoms with Crippen LogP contribution in [0.25, 0.3) is 0 Å². The van der Waals surface area contributed by atoms with Crippen molar-refractivity contribution < 1.29 is 28.4 Å². The second kappa shape index (κ2) is 7.56. The van der Waals surface area contributed by atoms with Crippen LogP contribution in [-0.2, 0) is 28.4 Å². The minimum Gasteiger partial charge on any atom is -0.372 e. The van der Waals surface area contributed by atoms with Crippen LogP contribution in [0.15, 0.2) is 0 Å². The Morgan fingerprint density at radius 3 is 2.13 bits per heavy atom. The second-order valence-corrected chi connectivity index (χ2v) is 6.89. The Bertz CT molecular complexity index is 397. The molecule has 2 aliphatic heterocycles. The Hall–Kier alpha value is 0.110. The summed E-state index contributed by atoms with van der Waals surface area (Å²) in [6, 6.07) is 0. The molecule has 2 saturated heterocycles. The van der Waals surface area contributed by atoms with Crippen LogP contribution in [0.1, 0.15) is 40.5 Å². The van der Waals surface area contributed by atoms with E-state index in [0.29, 0.717) is 6.61 Å². The smallest absolute Gasteiger partial charge is 0.220 e. The molecule has 0 aliphatic carbocycles. The lowest BCUT2D eigenvalue weighted by Crippen LogP contribution is -2.72. The third-order valence-electron chi connectivity index (χ3n) is 4.88. The van der Waals surface area contributed by atoms with Gasteiger partial charge in [0.05, 0.1) is 6.10 Å². The molecule has 6 nitrogen and oxygen atoms in total. The summed E-state index contributed by atoms with van der Waals surface area (Å²) in [6.07, 6.45) is 0.850. The summed E-state index contributed by atoms with van der Waals surface area (Å²) >= 11 is 4.53. The predicted octanol–water partition coefficient (Wildman–Crippen LogP) is 2.36. The monoisotopic (exact) mass is 350 g/mol. The first-order chi connectivity index (χ1) is 10.8. The molecular weight excluding hydrogens is 320 g/mol. The third kappa shape index (κ3) is 3.56. The standard InChI is InChI=1S/C16H30O6S/c1-7-8-9-19-13-12-11(10(2)20-14(13)23)21-15(3,17-5)16(4,18-6)22-12/h10-14,23H,7-9H2,1-6H3/t10-,11-,12+,13+,14-,15+,16+/m0/s1. The average molecular weight is 350 g/mol. The first-order valence-electron chi connectivity index (χ1n) is 8.23. The zero-order valence-corrected chi connectivity index (χ0v) is 15.8. The Kier molecular flexibility index (Phi) is 6.39. The van der Waals surface area contributed by atoms with E-state index in [1.165, 1.54) is 0 Å². The van der Waals surface area contributed by atoms with Crippen molar-refractivity contribution in [2.45, 2.75) is 82.0 Å². The molecule has 0 aromatic heterocycles. The minimum absolute atomic E-state index is 0.190. The summed E-state index contributed by atoms with van der Waals surface area (Å²) in [7, 11) is 3.15. The van der Waals surface area contributed by atoms with E-state index in [1.807, 2.05) is 13.8 Å². The van der Waals surface area contributed by atoms with Gasteiger partial charge in [0.25, 0.3) is 0 Å². The fourth-order valence-corrected chi connectivity index (χ4v) is 3.48. The van der Waals surface area contributed by atoms with E-state index in [9.17, 15) is 0 Å². The quantitative estimate of drug-likeness (QED) is 0.586. The first kappa shape index (κ1) is 19.4. The van der Waals surface area contributed by atoms with Gasteiger partial charge in [0, 0.05) is 20.8 Å². The largest absolute Gasteiger partial charge is 0.372 e. The van der Waals surface area contributed by atoms with Crippen LogP contribution in [-0.4, -0.2) is 62.3 Å². The van der Waals surface area contributed by atoms with Crippen LogP contribution in [0.5, 0.6) is 0 Å². The zero-order chi connectivity index (χ0) is 17.3.